The molecule has 3 aromatic carbocycles. The quantitative estimate of drug-likeness (QED) is 0.352. The fraction of sp³-hybridized carbons (Fsp3) is 0.0476. The van der Waals surface area contributed by atoms with Crippen LogP contribution in [0.3, 0.4) is 0 Å². The van der Waals surface area contributed by atoms with E-state index in [0.29, 0.717) is 17.0 Å². The average Bonchev–Trinajstić information content (AvgIpc) is 2.70. The number of carbonyl (C=O) groups excluding carboxylic acids is 2. The van der Waals surface area contributed by atoms with Gasteiger partial charge in [-0.05, 0) is 29.7 Å². The number of methoxy groups -OCH3 is 1. The number of aliphatic hydroxyl groups excluding tert-OH is 1. The molecule has 0 radical (unpaired) electrons. The molecular weight excluding hydrogens is 410 g/mol. The van der Waals surface area contributed by atoms with Crippen molar-refractivity contribution in [2.75, 3.05) is 12.4 Å². The minimum atomic E-state index is -0.859. The first-order chi connectivity index (χ1) is 13.0. The van der Waals surface area contributed by atoms with E-state index in [4.69, 9.17) is 4.74 Å². The molecule has 27 heavy (non-hydrogen) atoms. The minimum Gasteiger partial charge on any atom is -0.507 e. The second-order valence-corrected chi connectivity index (χ2v) is 6.57. The topological polar surface area (TPSA) is 75.6 Å². The van der Waals surface area contributed by atoms with Crippen LogP contribution in [-0.2, 0) is 9.59 Å². The zero-order valence-electron chi connectivity index (χ0n) is 14.4. The molecule has 0 bridgehead atoms. The van der Waals surface area contributed by atoms with Gasteiger partial charge in [-0.15, -0.1) is 0 Å². The number of halogens is 1. The molecule has 0 saturated carbocycles. The van der Waals surface area contributed by atoms with Crippen molar-refractivity contribution in [3.05, 3.63) is 76.8 Å². The van der Waals surface area contributed by atoms with E-state index in [9.17, 15) is 14.7 Å². The Labute approximate surface area is 164 Å². The predicted molar refractivity (Wildman–Crippen MR) is 109 cm³/mol. The molecule has 0 spiro atoms. The summed E-state index contributed by atoms with van der Waals surface area (Å²) in [6.45, 7) is 0. The Morgan fingerprint density at radius 2 is 1.78 bits per heavy atom. The summed E-state index contributed by atoms with van der Waals surface area (Å²) in [5, 5.41) is 14.4. The van der Waals surface area contributed by atoms with Crippen molar-refractivity contribution < 1.29 is 19.4 Å². The molecule has 0 fully saturated rings. The Bertz CT molecular complexity index is 1060. The summed E-state index contributed by atoms with van der Waals surface area (Å²) in [7, 11) is 1.50. The van der Waals surface area contributed by atoms with Gasteiger partial charge in [-0.25, -0.2) is 0 Å². The molecule has 0 unspecified atom stereocenters. The fourth-order valence-electron chi connectivity index (χ4n) is 2.61. The fourth-order valence-corrected chi connectivity index (χ4v) is 3.09. The number of nitrogens with one attached hydrogen (secondary N) is 1. The van der Waals surface area contributed by atoms with Crippen LogP contribution >= 0.6 is 15.9 Å². The zero-order chi connectivity index (χ0) is 19.4. The Morgan fingerprint density at radius 3 is 2.52 bits per heavy atom. The van der Waals surface area contributed by atoms with Gasteiger partial charge in [0.1, 0.15) is 11.5 Å². The summed E-state index contributed by atoms with van der Waals surface area (Å²) in [6.07, 6.45) is 0.894. The first kappa shape index (κ1) is 18.7. The van der Waals surface area contributed by atoms with Crippen LogP contribution < -0.4 is 10.1 Å². The molecule has 0 aromatic heterocycles. The van der Waals surface area contributed by atoms with Crippen molar-refractivity contribution in [2.24, 2.45) is 0 Å². The summed E-state index contributed by atoms with van der Waals surface area (Å²) < 4.78 is 5.97. The summed E-state index contributed by atoms with van der Waals surface area (Å²) in [5.41, 5.74) is 0.894. The molecule has 1 amide bonds. The van der Waals surface area contributed by atoms with Crippen LogP contribution in [0.2, 0.25) is 0 Å². The summed E-state index contributed by atoms with van der Waals surface area (Å²) in [5.74, 6) is -1.47. The average molecular weight is 426 g/mol. The molecule has 3 aromatic rings. The molecule has 0 aliphatic carbocycles. The molecule has 5 nitrogen and oxygen atoms in total. The third kappa shape index (κ3) is 4.17. The Kier molecular flexibility index (Phi) is 5.57. The highest BCUT2D eigenvalue weighted by Gasteiger charge is 2.15. The molecular formula is C21H16BrNO4. The molecule has 0 aliphatic rings. The van der Waals surface area contributed by atoms with E-state index in [2.05, 4.69) is 21.2 Å². The van der Waals surface area contributed by atoms with Crippen LogP contribution in [0.25, 0.3) is 16.5 Å². The number of ether oxygens (including phenoxy) is 1. The molecule has 3 rings (SSSR count). The van der Waals surface area contributed by atoms with Gasteiger partial charge in [0, 0.05) is 27.2 Å². The van der Waals surface area contributed by atoms with Gasteiger partial charge in [0.25, 0.3) is 5.91 Å². The van der Waals surface area contributed by atoms with Crippen LogP contribution in [0.1, 0.15) is 5.56 Å². The summed E-state index contributed by atoms with van der Waals surface area (Å²) >= 11 is 3.46. The van der Waals surface area contributed by atoms with Gasteiger partial charge in [0.05, 0.1) is 7.11 Å². The van der Waals surface area contributed by atoms with E-state index < -0.39 is 11.7 Å². The monoisotopic (exact) mass is 425 g/mol. The van der Waals surface area contributed by atoms with E-state index in [1.807, 2.05) is 24.3 Å². The number of ketones is 1. The highest BCUT2D eigenvalue weighted by molar-refractivity contribution is 9.10. The van der Waals surface area contributed by atoms with Gasteiger partial charge in [-0.3, -0.25) is 9.59 Å². The molecule has 6 heteroatoms. The van der Waals surface area contributed by atoms with E-state index >= 15 is 0 Å². The number of rotatable bonds is 5. The first-order valence-electron chi connectivity index (χ1n) is 8.07. The van der Waals surface area contributed by atoms with Gasteiger partial charge < -0.3 is 15.2 Å². The lowest BCUT2D eigenvalue weighted by Gasteiger charge is -2.09. The number of carbonyl (C=O) groups is 2. The number of benzene rings is 3. The van der Waals surface area contributed by atoms with Crippen molar-refractivity contribution in [1.29, 1.82) is 0 Å². The SMILES string of the molecule is COc1cccc(/C(O)=C/C(=O)C(=O)Nc2ccc(Br)c3ccccc23)c1. The first-order valence-corrected chi connectivity index (χ1v) is 8.86. The van der Waals surface area contributed by atoms with E-state index in [1.165, 1.54) is 7.11 Å². The third-order valence-electron chi connectivity index (χ3n) is 3.98. The molecule has 0 saturated heterocycles. The molecule has 0 atom stereocenters. The highest BCUT2D eigenvalue weighted by Crippen LogP contribution is 2.30. The van der Waals surface area contributed by atoms with Crippen LogP contribution in [0.15, 0.2) is 71.2 Å². The Hall–Kier alpha value is -3.12. The Balaban J connectivity index is 1.82. The predicted octanol–water partition coefficient (Wildman–Crippen LogP) is 4.72. The maximum atomic E-state index is 12.3. The van der Waals surface area contributed by atoms with Crippen molar-refractivity contribution in [3.63, 3.8) is 0 Å². The van der Waals surface area contributed by atoms with Gasteiger partial charge in [-0.1, -0.05) is 52.3 Å². The molecule has 0 heterocycles. The summed E-state index contributed by atoms with van der Waals surface area (Å²) in [4.78, 5) is 24.5. The van der Waals surface area contributed by atoms with Crippen LogP contribution in [0, 0.1) is 0 Å². The van der Waals surface area contributed by atoms with Gasteiger partial charge in [-0.2, -0.15) is 0 Å². The Morgan fingerprint density at radius 1 is 1.04 bits per heavy atom. The van der Waals surface area contributed by atoms with E-state index in [0.717, 1.165) is 21.3 Å². The molecule has 0 aliphatic heterocycles. The van der Waals surface area contributed by atoms with E-state index in [1.54, 1.807) is 36.4 Å². The van der Waals surface area contributed by atoms with Gasteiger partial charge in [0.2, 0.25) is 5.78 Å². The lowest BCUT2D eigenvalue weighted by atomic mass is 10.1. The van der Waals surface area contributed by atoms with Crippen LogP contribution in [-0.4, -0.2) is 23.9 Å². The van der Waals surface area contributed by atoms with Crippen LogP contribution in [0.5, 0.6) is 5.75 Å². The third-order valence-corrected chi connectivity index (χ3v) is 4.67. The number of amides is 1. The van der Waals surface area contributed by atoms with Gasteiger partial charge >= 0.3 is 0 Å². The maximum absolute atomic E-state index is 12.3. The smallest absolute Gasteiger partial charge is 0.296 e. The zero-order valence-corrected chi connectivity index (χ0v) is 16.0. The van der Waals surface area contributed by atoms with Crippen molar-refractivity contribution in [2.45, 2.75) is 0 Å². The largest absolute Gasteiger partial charge is 0.507 e. The number of fused-ring (bicyclic) bond motifs is 1. The molecule has 2 N–H and O–H groups in total. The van der Waals surface area contributed by atoms with Crippen molar-refractivity contribution in [1.82, 2.24) is 0 Å². The van der Waals surface area contributed by atoms with E-state index in [-0.39, 0.29) is 5.76 Å². The lowest BCUT2D eigenvalue weighted by Crippen LogP contribution is -2.21. The minimum absolute atomic E-state index is 0.310. The second-order valence-electron chi connectivity index (χ2n) is 5.72. The number of anilines is 1. The van der Waals surface area contributed by atoms with Crippen molar-refractivity contribution in [3.8, 4) is 5.75 Å². The normalized spacial score (nSPS) is 11.3. The second kappa shape index (κ2) is 8.05. The highest BCUT2D eigenvalue weighted by atomic mass is 79.9. The summed E-state index contributed by atoms with van der Waals surface area (Å²) in [6, 6.07) is 17.6. The standard InChI is InChI=1S/C21H16BrNO4/c1-27-14-6-4-5-13(11-14)19(24)12-20(25)21(26)23-18-10-9-17(22)15-7-2-3-8-16(15)18/h2-12,24H,1H3,(H,23,26)/b19-12-. The van der Waals surface area contributed by atoms with Crippen LogP contribution in [0.4, 0.5) is 5.69 Å². The number of hydrogen-bond acceptors (Lipinski definition) is 4. The molecule has 136 valence electrons. The van der Waals surface area contributed by atoms with Crippen molar-refractivity contribution >= 4 is 49.8 Å². The number of hydrogen-bond donors (Lipinski definition) is 2. The number of aliphatic hydroxyl groups is 1. The maximum Gasteiger partial charge on any atom is 0.296 e. The van der Waals surface area contributed by atoms with Gasteiger partial charge in [0.15, 0.2) is 0 Å². The lowest BCUT2D eigenvalue weighted by molar-refractivity contribution is -0.131.